The number of aromatic nitrogens is 1. The average Bonchev–Trinajstić information content (AvgIpc) is 3.88. The third-order valence-electron chi connectivity index (χ3n) is 10.8. The number of hydrogen-bond donors (Lipinski definition) is 2. The number of para-hydroxylation sites is 1. The van der Waals surface area contributed by atoms with Crippen LogP contribution in [0.3, 0.4) is 0 Å². The number of amides is 2. The summed E-state index contributed by atoms with van der Waals surface area (Å²) in [5.74, 6) is 2.17. The molecule has 2 aliphatic heterocycles. The molecule has 5 aromatic rings. The maximum atomic E-state index is 13.1. The van der Waals surface area contributed by atoms with Crippen molar-refractivity contribution in [2.45, 2.75) is 37.9 Å². The van der Waals surface area contributed by atoms with Gasteiger partial charge in [0, 0.05) is 79.3 Å². The Hall–Kier alpha value is -6.73. The molecule has 3 heterocycles. The minimum Gasteiger partial charge on any atom is -0.393 e. The first-order valence-electron chi connectivity index (χ1n) is 21.2. The molecule has 2 aliphatic rings. The Morgan fingerprint density at radius 1 is 0.906 bits per heavy atom. The molecule has 0 aliphatic carbocycles. The smallest absolute Gasteiger partial charge is 0.226 e. The summed E-state index contributed by atoms with van der Waals surface area (Å²) in [6.45, 7) is 4.07. The number of anilines is 3. The molecular weight excluding hydrogens is 831 g/mol. The van der Waals surface area contributed by atoms with Crippen molar-refractivity contribution in [1.29, 1.82) is 0 Å². The van der Waals surface area contributed by atoms with Gasteiger partial charge in [-0.2, -0.15) is 10.1 Å². The summed E-state index contributed by atoms with van der Waals surface area (Å²) in [6.07, 6.45) is 9.86. The SMILES string of the molecule is C#CCOCCCNC(=O)CCOCCO/N=C/c1cn(C)c2ccc(NC(=O)CCOCCN3Cc4ccccc4C4C(N=NN4c4ccc(N=C=S)cc4)c4ccccc43)cc12. The van der Waals surface area contributed by atoms with Gasteiger partial charge in [-0.25, -0.2) is 5.01 Å². The molecule has 0 radical (unpaired) electrons. The van der Waals surface area contributed by atoms with E-state index < -0.39 is 0 Å². The highest BCUT2D eigenvalue weighted by atomic mass is 32.1. The van der Waals surface area contributed by atoms with Gasteiger partial charge >= 0.3 is 0 Å². The summed E-state index contributed by atoms with van der Waals surface area (Å²) < 4.78 is 18.8. The number of rotatable bonds is 22. The number of aliphatic imine (C=N–C) groups is 1. The van der Waals surface area contributed by atoms with Crippen molar-refractivity contribution >= 4 is 69.1 Å². The Labute approximate surface area is 378 Å². The lowest BCUT2D eigenvalue weighted by atomic mass is 9.87. The summed E-state index contributed by atoms with van der Waals surface area (Å²) in [7, 11) is 1.95. The van der Waals surface area contributed by atoms with Crippen LogP contribution in [0.1, 0.15) is 53.6 Å². The first kappa shape index (κ1) is 45.3. The molecule has 330 valence electrons. The van der Waals surface area contributed by atoms with Crippen LogP contribution >= 0.6 is 12.2 Å². The summed E-state index contributed by atoms with van der Waals surface area (Å²) in [5, 5.41) is 24.8. The number of ether oxygens (including phenoxy) is 3. The van der Waals surface area contributed by atoms with E-state index in [1.54, 1.807) is 6.21 Å². The highest BCUT2D eigenvalue weighted by molar-refractivity contribution is 7.78. The molecule has 15 nitrogen and oxygen atoms in total. The number of fused-ring (bicyclic) bond motifs is 6. The van der Waals surface area contributed by atoms with Crippen molar-refractivity contribution in [2.24, 2.45) is 27.5 Å². The molecule has 7 rings (SSSR count). The Kier molecular flexibility index (Phi) is 16.3. The maximum absolute atomic E-state index is 13.1. The largest absolute Gasteiger partial charge is 0.393 e. The van der Waals surface area contributed by atoms with Crippen molar-refractivity contribution in [3.8, 4) is 12.3 Å². The quantitative estimate of drug-likeness (QED) is 0.0232. The number of aryl methyl sites for hydroxylation is 1. The van der Waals surface area contributed by atoms with E-state index in [2.05, 4.69) is 73.2 Å². The summed E-state index contributed by atoms with van der Waals surface area (Å²) >= 11 is 4.79. The molecule has 1 aromatic heterocycles. The lowest BCUT2D eigenvalue weighted by Crippen LogP contribution is -2.33. The van der Waals surface area contributed by atoms with Crippen molar-refractivity contribution in [3.05, 3.63) is 119 Å². The van der Waals surface area contributed by atoms with E-state index in [1.165, 1.54) is 5.56 Å². The number of oxime groups is 1. The lowest BCUT2D eigenvalue weighted by molar-refractivity contribution is -0.122. The van der Waals surface area contributed by atoms with Crippen LogP contribution in [0.15, 0.2) is 118 Å². The summed E-state index contributed by atoms with van der Waals surface area (Å²) in [6, 6.07) is 30.0. The maximum Gasteiger partial charge on any atom is 0.226 e. The highest BCUT2D eigenvalue weighted by Crippen LogP contribution is 2.49. The predicted octanol–water partition coefficient (Wildman–Crippen LogP) is 7.86. The van der Waals surface area contributed by atoms with E-state index in [0.29, 0.717) is 45.0 Å². The number of thiocarbonyl (C=S) groups is 1. The molecule has 2 unspecified atom stereocenters. The van der Waals surface area contributed by atoms with Crippen LogP contribution in [0, 0.1) is 12.3 Å². The van der Waals surface area contributed by atoms with Crippen LogP contribution in [-0.4, -0.2) is 87.1 Å². The van der Waals surface area contributed by atoms with Gasteiger partial charge in [-0.15, -0.1) is 6.42 Å². The van der Waals surface area contributed by atoms with Gasteiger partial charge in [0.15, 0.2) is 0 Å². The number of benzene rings is 4. The van der Waals surface area contributed by atoms with Gasteiger partial charge in [0.1, 0.15) is 25.3 Å². The molecule has 2 atom stereocenters. The number of nitrogens with one attached hydrogen (secondary N) is 2. The fourth-order valence-corrected chi connectivity index (χ4v) is 7.83. The van der Waals surface area contributed by atoms with E-state index in [9.17, 15) is 9.59 Å². The second-order valence-electron chi connectivity index (χ2n) is 15.1. The van der Waals surface area contributed by atoms with Gasteiger partial charge in [-0.05, 0) is 78.3 Å². The van der Waals surface area contributed by atoms with Gasteiger partial charge in [-0.1, -0.05) is 58.8 Å². The number of isothiocyanates is 1. The van der Waals surface area contributed by atoms with Crippen LogP contribution < -0.4 is 20.5 Å². The van der Waals surface area contributed by atoms with Crippen molar-refractivity contribution in [1.82, 2.24) is 9.88 Å². The zero-order valence-electron chi connectivity index (χ0n) is 35.7. The van der Waals surface area contributed by atoms with Gasteiger partial charge < -0.3 is 39.1 Å². The van der Waals surface area contributed by atoms with Gasteiger partial charge in [0.2, 0.25) is 11.8 Å². The van der Waals surface area contributed by atoms with Crippen LogP contribution in [0.25, 0.3) is 10.9 Å². The van der Waals surface area contributed by atoms with Gasteiger partial charge in [0.05, 0.1) is 55.6 Å². The second kappa shape index (κ2) is 23.1. The number of terminal acetylenes is 1. The first-order chi connectivity index (χ1) is 31.4. The molecule has 16 heteroatoms. The molecule has 2 N–H and O–H groups in total. The molecule has 64 heavy (non-hydrogen) atoms. The third kappa shape index (κ3) is 11.8. The predicted molar refractivity (Wildman–Crippen MR) is 251 cm³/mol. The standard InChI is InChI=1S/C48H51N9O6S/c1-3-23-60-24-8-21-49-45(58)19-25-62-28-29-63-51-31-36-32-55(2)43-18-15-38(30-42(36)43)52-46(59)20-26-61-27-22-56-33-35-9-4-5-10-40(35)48-47(41-11-6-7-12-44(41)56)53-54-57(48)39-16-13-37(14-17-39)50-34-64/h1,4-7,9-18,30-32,47-48H,8,19-29,33H2,2H3,(H,49,58)(H,52,59)/b51-31+. The zero-order valence-corrected chi connectivity index (χ0v) is 36.5. The topological polar surface area (TPSA) is 156 Å². The average molecular weight is 882 g/mol. The van der Waals surface area contributed by atoms with Crippen molar-refractivity contribution < 1.29 is 28.6 Å². The Morgan fingerprint density at radius 3 is 2.52 bits per heavy atom. The fourth-order valence-electron chi connectivity index (χ4n) is 7.73. The molecule has 0 fully saturated rings. The van der Waals surface area contributed by atoms with Gasteiger partial charge in [0.25, 0.3) is 0 Å². The Morgan fingerprint density at radius 2 is 1.69 bits per heavy atom. The Bertz CT molecular complexity index is 2530. The van der Waals surface area contributed by atoms with Gasteiger partial charge in [-0.3, -0.25) is 9.59 Å². The first-order valence-corrected chi connectivity index (χ1v) is 21.6. The number of carbonyl (C=O) groups is 2. The normalized spacial score (nSPS) is 15.1. The zero-order chi connectivity index (χ0) is 44.5. The van der Waals surface area contributed by atoms with E-state index in [1.807, 2.05) is 77.4 Å². The lowest BCUT2D eigenvalue weighted by Gasteiger charge is -2.35. The number of hydrogen-bond acceptors (Lipinski definition) is 13. The van der Waals surface area contributed by atoms with E-state index in [0.717, 1.165) is 44.7 Å². The molecule has 0 saturated heterocycles. The monoisotopic (exact) mass is 881 g/mol. The molecule has 0 bridgehead atoms. The highest BCUT2D eigenvalue weighted by Gasteiger charge is 2.40. The fraction of sp³-hybridized carbons (Fsp3) is 0.333. The summed E-state index contributed by atoms with van der Waals surface area (Å²) in [5.41, 5.74) is 8.62. The van der Waals surface area contributed by atoms with Crippen molar-refractivity contribution in [3.63, 3.8) is 0 Å². The second-order valence-corrected chi connectivity index (χ2v) is 15.2. The van der Waals surface area contributed by atoms with Crippen molar-refractivity contribution in [2.75, 3.05) is 74.6 Å². The number of nitrogens with zero attached hydrogens (tertiary/aromatic N) is 7. The molecule has 2 amide bonds. The Balaban J connectivity index is 0.869. The summed E-state index contributed by atoms with van der Waals surface area (Å²) in [4.78, 5) is 36.8. The molecule has 4 aromatic carbocycles. The minimum absolute atomic E-state index is 0.0899. The van der Waals surface area contributed by atoms with E-state index in [4.69, 9.17) is 48.0 Å². The van der Waals surface area contributed by atoms with Crippen LogP contribution in [0.5, 0.6) is 0 Å². The van der Waals surface area contributed by atoms with Crippen LogP contribution in [0.4, 0.5) is 22.7 Å². The van der Waals surface area contributed by atoms with E-state index >= 15 is 0 Å². The molecular formula is C48H51N9O6S. The van der Waals surface area contributed by atoms with E-state index in [-0.39, 0.29) is 69.8 Å². The molecule has 0 spiro atoms. The third-order valence-corrected chi connectivity index (χ3v) is 10.9. The number of carbonyl (C=O) groups excluding carboxylic acids is 2. The van der Waals surface area contributed by atoms with Crippen LogP contribution in [0.2, 0.25) is 0 Å². The van der Waals surface area contributed by atoms with Crippen LogP contribution in [-0.2, 0) is 42.2 Å². The minimum atomic E-state index is -0.235. The molecule has 0 saturated carbocycles.